The van der Waals surface area contributed by atoms with E-state index >= 15 is 0 Å². The van der Waals surface area contributed by atoms with Crippen LogP contribution in [-0.2, 0) is 12.8 Å². The molecule has 1 aliphatic rings. The number of thiophene rings is 1. The van der Waals surface area contributed by atoms with Crippen LogP contribution in [0.1, 0.15) is 23.3 Å². The van der Waals surface area contributed by atoms with Crippen LogP contribution in [-0.4, -0.2) is 6.72 Å². The number of nitrogens with two attached hydrogens (primary N) is 1. The van der Waals surface area contributed by atoms with Crippen LogP contribution in [0.4, 0.5) is 10.7 Å². The highest BCUT2D eigenvalue weighted by Crippen LogP contribution is 2.41. The fourth-order valence-corrected chi connectivity index (χ4v) is 2.81. The fraction of sp³-hybridized carbons (Fsp3) is 0.444. The fourth-order valence-electron chi connectivity index (χ4n) is 1.69. The molecule has 0 radical (unpaired) electrons. The van der Waals surface area contributed by atoms with Gasteiger partial charge in [0.05, 0.1) is 5.69 Å². The number of anilines is 1. The van der Waals surface area contributed by atoms with Gasteiger partial charge < -0.3 is 5.73 Å². The van der Waals surface area contributed by atoms with Crippen molar-refractivity contribution in [2.75, 3.05) is 5.73 Å². The Morgan fingerprint density at radius 3 is 2.75 bits per heavy atom. The molecule has 1 heterocycles. The van der Waals surface area contributed by atoms with Gasteiger partial charge in [0.25, 0.3) is 0 Å². The zero-order chi connectivity index (χ0) is 8.55. The average molecular weight is 180 g/mol. The molecule has 1 aliphatic carbocycles. The standard InChI is InChI=1S/C9H12N2S/c1-11-9-8(10)6-4-2-3-5-7(6)12-9/h1-5,10H2. The summed E-state index contributed by atoms with van der Waals surface area (Å²) in [6.07, 6.45) is 4.88. The first kappa shape index (κ1) is 7.80. The molecular formula is C9H12N2S. The third-order valence-corrected chi connectivity index (χ3v) is 3.58. The van der Waals surface area contributed by atoms with Crippen molar-refractivity contribution in [3.05, 3.63) is 10.4 Å². The van der Waals surface area contributed by atoms with E-state index in [4.69, 9.17) is 5.73 Å². The maximum atomic E-state index is 5.91. The molecule has 2 N–H and O–H groups in total. The minimum absolute atomic E-state index is 0.879. The first-order valence-corrected chi connectivity index (χ1v) is 5.01. The number of hydrogen-bond donors (Lipinski definition) is 1. The maximum absolute atomic E-state index is 5.91. The molecule has 1 aromatic heterocycles. The highest BCUT2D eigenvalue weighted by Gasteiger charge is 2.17. The van der Waals surface area contributed by atoms with Gasteiger partial charge >= 0.3 is 0 Å². The summed E-state index contributed by atoms with van der Waals surface area (Å²) in [5.41, 5.74) is 8.13. The van der Waals surface area contributed by atoms with Gasteiger partial charge in [0.15, 0.2) is 0 Å². The van der Waals surface area contributed by atoms with Gasteiger partial charge in [-0.15, -0.1) is 11.3 Å². The van der Waals surface area contributed by atoms with Crippen LogP contribution in [0.15, 0.2) is 4.99 Å². The highest BCUT2D eigenvalue weighted by molar-refractivity contribution is 7.16. The lowest BCUT2D eigenvalue weighted by atomic mass is 9.98. The Morgan fingerprint density at radius 2 is 2.08 bits per heavy atom. The molecule has 2 rings (SSSR count). The number of fused-ring (bicyclic) bond motifs is 1. The Bertz CT molecular complexity index is 315. The molecule has 0 amide bonds. The molecule has 0 bridgehead atoms. The van der Waals surface area contributed by atoms with Gasteiger partial charge in [0.1, 0.15) is 5.00 Å². The predicted molar refractivity (Wildman–Crippen MR) is 54.6 cm³/mol. The van der Waals surface area contributed by atoms with E-state index in [-0.39, 0.29) is 0 Å². The van der Waals surface area contributed by atoms with Crippen LogP contribution in [0, 0.1) is 0 Å². The van der Waals surface area contributed by atoms with E-state index in [1.165, 1.54) is 29.7 Å². The second-order valence-electron chi connectivity index (χ2n) is 3.09. The molecule has 0 saturated heterocycles. The van der Waals surface area contributed by atoms with Crippen LogP contribution >= 0.6 is 11.3 Å². The van der Waals surface area contributed by atoms with Gasteiger partial charge in [0, 0.05) is 4.88 Å². The molecule has 0 atom stereocenters. The van der Waals surface area contributed by atoms with E-state index in [0.717, 1.165) is 17.1 Å². The van der Waals surface area contributed by atoms with Crippen LogP contribution < -0.4 is 5.73 Å². The average Bonchev–Trinajstić information content (AvgIpc) is 2.44. The van der Waals surface area contributed by atoms with Crippen molar-refractivity contribution in [1.29, 1.82) is 0 Å². The minimum Gasteiger partial charge on any atom is -0.396 e. The van der Waals surface area contributed by atoms with Crippen molar-refractivity contribution in [3.63, 3.8) is 0 Å². The Kier molecular flexibility index (Phi) is 1.89. The first-order chi connectivity index (χ1) is 5.83. The quantitative estimate of drug-likeness (QED) is 0.663. The monoisotopic (exact) mass is 180 g/mol. The van der Waals surface area contributed by atoms with E-state index < -0.39 is 0 Å². The third kappa shape index (κ3) is 1.05. The van der Waals surface area contributed by atoms with E-state index in [9.17, 15) is 0 Å². The zero-order valence-electron chi connectivity index (χ0n) is 6.97. The summed E-state index contributed by atoms with van der Waals surface area (Å²) in [4.78, 5) is 5.35. The zero-order valence-corrected chi connectivity index (χ0v) is 7.78. The van der Waals surface area contributed by atoms with Gasteiger partial charge in [-0.2, -0.15) is 0 Å². The summed E-state index contributed by atoms with van der Waals surface area (Å²) in [5, 5.41) is 0.918. The highest BCUT2D eigenvalue weighted by atomic mass is 32.1. The summed E-state index contributed by atoms with van der Waals surface area (Å²) in [6, 6.07) is 0. The number of nitrogen functional groups attached to an aromatic ring is 1. The van der Waals surface area contributed by atoms with Crippen LogP contribution in [0.2, 0.25) is 0 Å². The smallest absolute Gasteiger partial charge is 0.138 e. The Labute approximate surface area is 76.1 Å². The Hall–Kier alpha value is -0.830. The minimum atomic E-state index is 0.879. The molecule has 0 unspecified atom stereocenters. The molecule has 0 aromatic carbocycles. The normalized spacial score (nSPS) is 15.7. The molecule has 0 aliphatic heterocycles. The van der Waals surface area contributed by atoms with Crippen molar-refractivity contribution >= 4 is 28.7 Å². The predicted octanol–water partition coefficient (Wildman–Crippen LogP) is 2.54. The van der Waals surface area contributed by atoms with E-state index in [1.54, 1.807) is 11.3 Å². The second kappa shape index (κ2) is 2.90. The Balaban J connectivity index is 2.51. The molecule has 2 nitrogen and oxygen atoms in total. The molecule has 64 valence electrons. The van der Waals surface area contributed by atoms with E-state index in [0.29, 0.717) is 0 Å². The molecule has 0 spiro atoms. The molecular weight excluding hydrogens is 168 g/mol. The van der Waals surface area contributed by atoms with Crippen molar-refractivity contribution in [1.82, 2.24) is 0 Å². The van der Waals surface area contributed by atoms with Crippen molar-refractivity contribution in [2.24, 2.45) is 4.99 Å². The number of aliphatic imine (C=N–C) groups is 1. The molecule has 12 heavy (non-hydrogen) atoms. The van der Waals surface area contributed by atoms with Crippen molar-refractivity contribution in [3.8, 4) is 0 Å². The SMILES string of the molecule is C=Nc1sc2c(c1N)CCCC2. The molecule has 0 saturated carbocycles. The summed E-state index contributed by atoms with van der Waals surface area (Å²) in [7, 11) is 0. The lowest BCUT2D eigenvalue weighted by Crippen LogP contribution is -2.00. The number of nitrogens with zero attached hydrogens (tertiary/aromatic N) is 1. The third-order valence-electron chi connectivity index (χ3n) is 2.34. The summed E-state index contributed by atoms with van der Waals surface area (Å²) in [5.74, 6) is 0. The van der Waals surface area contributed by atoms with Gasteiger partial charge in [0.2, 0.25) is 0 Å². The summed E-state index contributed by atoms with van der Waals surface area (Å²) < 4.78 is 0. The van der Waals surface area contributed by atoms with Gasteiger partial charge in [-0.1, -0.05) is 0 Å². The molecule has 1 aromatic rings. The van der Waals surface area contributed by atoms with Crippen LogP contribution in [0.3, 0.4) is 0 Å². The second-order valence-corrected chi connectivity index (χ2v) is 4.17. The van der Waals surface area contributed by atoms with E-state index in [1.807, 2.05) is 0 Å². The molecule has 3 heteroatoms. The van der Waals surface area contributed by atoms with Crippen molar-refractivity contribution < 1.29 is 0 Å². The summed E-state index contributed by atoms with van der Waals surface area (Å²) >= 11 is 1.71. The summed E-state index contributed by atoms with van der Waals surface area (Å²) in [6.45, 7) is 3.52. The largest absolute Gasteiger partial charge is 0.396 e. The first-order valence-electron chi connectivity index (χ1n) is 4.19. The van der Waals surface area contributed by atoms with Crippen LogP contribution in [0.5, 0.6) is 0 Å². The van der Waals surface area contributed by atoms with Gasteiger partial charge in [-0.25, -0.2) is 0 Å². The van der Waals surface area contributed by atoms with Gasteiger partial charge in [-0.3, -0.25) is 4.99 Å². The topological polar surface area (TPSA) is 38.4 Å². The number of aryl methyl sites for hydroxylation is 1. The number of hydrogen-bond acceptors (Lipinski definition) is 3. The lowest BCUT2D eigenvalue weighted by molar-refractivity contribution is 0.698. The van der Waals surface area contributed by atoms with E-state index in [2.05, 4.69) is 11.7 Å². The Morgan fingerprint density at radius 1 is 1.33 bits per heavy atom. The maximum Gasteiger partial charge on any atom is 0.138 e. The van der Waals surface area contributed by atoms with Crippen molar-refractivity contribution in [2.45, 2.75) is 25.7 Å². The van der Waals surface area contributed by atoms with Crippen LogP contribution in [0.25, 0.3) is 0 Å². The van der Waals surface area contributed by atoms with Gasteiger partial charge in [-0.05, 0) is 38.0 Å². The lowest BCUT2D eigenvalue weighted by Gasteiger charge is -2.10. The molecule has 0 fully saturated rings. The number of rotatable bonds is 1.